The van der Waals surface area contributed by atoms with E-state index in [1.807, 2.05) is 56.1 Å². The molecule has 1 atom stereocenters. The van der Waals surface area contributed by atoms with Gasteiger partial charge in [-0.2, -0.15) is 0 Å². The van der Waals surface area contributed by atoms with Crippen LogP contribution in [0.4, 0.5) is 0 Å². The topological polar surface area (TPSA) is 53.0 Å². The van der Waals surface area contributed by atoms with E-state index in [1.165, 1.54) is 0 Å². The van der Waals surface area contributed by atoms with E-state index in [0.29, 0.717) is 30.5 Å². The molecular formula is C21H25ClN2O3. The van der Waals surface area contributed by atoms with E-state index in [2.05, 4.69) is 0 Å². The third-order valence-corrected chi connectivity index (χ3v) is 5.34. The van der Waals surface area contributed by atoms with Crippen molar-refractivity contribution in [3.8, 4) is 22.6 Å². The number of phenolic OH excluding ortho intramolecular Hbond substituents is 1. The van der Waals surface area contributed by atoms with Gasteiger partial charge in [-0.1, -0.05) is 30.7 Å². The summed E-state index contributed by atoms with van der Waals surface area (Å²) in [5.74, 6) is 0.589. The average Bonchev–Trinajstić information content (AvgIpc) is 2.89. The van der Waals surface area contributed by atoms with Crippen molar-refractivity contribution in [3.05, 3.63) is 47.0 Å². The first-order chi connectivity index (χ1) is 12.9. The van der Waals surface area contributed by atoms with Crippen LogP contribution in [0.2, 0.25) is 5.02 Å². The number of fused-ring (bicyclic) bond motifs is 1. The van der Waals surface area contributed by atoms with Crippen molar-refractivity contribution in [1.29, 1.82) is 0 Å². The normalized spacial score (nSPS) is 15.1. The third kappa shape index (κ3) is 4.20. The Labute approximate surface area is 165 Å². The van der Waals surface area contributed by atoms with Crippen molar-refractivity contribution >= 4 is 17.5 Å². The van der Waals surface area contributed by atoms with Gasteiger partial charge in [0.2, 0.25) is 5.91 Å². The Hall–Kier alpha value is -2.24. The summed E-state index contributed by atoms with van der Waals surface area (Å²) in [6.07, 6.45) is 0. The predicted octanol–water partition coefficient (Wildman–Crippen LogP) is 3.77. The van der Waals surface area contributed by atoms with Gasteiger partial charge in [-0.3, -0.25) is 9.69 Å². The number of hydrogen-bond acceptors (Lipinski definition) is 4. The van der Waals surface area contributed by atoms with Gasteiger partial charge in [0.15, 0.2) is 11.5 Å². The number of benzene rings is 2. The zero-order chi connectivity index (χ0) is 19.6. The zero-order valence-electron chi connectivity index (χ0n) is 15.9. The molecule has 1 amide bonds. The van der Waals surface area contributed by atoms with Gasteiger partial charge in [-0.25, -0.2) is 0 Å². The summed E-state index contributed by atoms with van der Waals surface area (Å²) >= 11 is 6.10. The Bertz CT molecular complexity index is 840. The molecule has 0 fully saturated rings. The molecule has 1 aliphatic heterocycles. The van der Waals surface area contributed by atoms with Crippen LogP contribution in [-0.4, -0.2) is 53.6 Å². The molecule has 1 heterocycles. The van der Waals surface area contributed by atoms with Crippen LogP contribution in [0.15, 0.2) is 36.4 Å². The molecule has 0 aromatic heterocycles. The highest BCUT2D eigenvalue weighted by atomic mass is 35.5. The van der Waals surface area contributed by atoms with E-state index >= 15 is 0 Å². The maximum atomic E-state index is 12.9. The first-order valence-electron chi connectivity index (χ1n) is 9.14. The second-order valence-electron chi connectivity index (χ2n) is 6.85. The molecule has 2 aromatic rings. The highest BCUT2D eigenvalue weighted by Crippen LogP contribution is 2.38. The summed E-state index contributed by atoms with van der Waals surface area (Å²) < 4.78 is 5.76. The number of amides is 1. The van der Waals surface area contributed by atoms with Gasteiger partial charge in [0.25, 0.3) is 0 Å². The highest BCUT2D eigenvalue weighted by molar-refractivity contribution is 6.30. The number of likely N-dealkylation sites (N-methyl/N-ethyl adjacent to an activating group) is 1. The van der Waals surface area contributed by atoms with Crippen molar-refractivity contribution in [2.24, 2.45) is 0 Å². The average molecular weight is 389 g/mol. The summed E-state index contributed by atoms with van der Waals surface area (Å²) in [5.41, 5.74) is 2.54. The Balaban J connectivity index is 1.93. The summed E-state index contributed by atoms with van der Waals surface area (Å²) in [4.78, 5) is 16.7. The molecule has 0 saturated carbocycles. The molecule has 1 aliphatic rings. The lowest BCUT2D eigenvalue weighted by atomic mass is 10.0. The van der Waals surface area contributed by atoms with Gasteiger partial charge in [-0.15, -0.1) is 0 Å². The molecule has 2 aromatic carbocycles. The largest absolute Gasteiger partial charge is 0.504 e. The monoisotopic (exact) mass is 388 g/mol. The Morgan fingerprint density at radius 1 is 1.33 bits per heavy atom. The number of nitrogens with zero attached hydrogens (tertiary/aromatic N) is 2. The molecular weight excluding hydrogens is 364 g/mol. The van der Waals surface area contributed by atoms with Crippen LogP contribution in [0.5, 0.6) is 11.5 Å². The lowest BCUT2D eigenvalue weighted by Crippen LogP contribution is -2.46. The van der Waals surface area contributed by atoms with Crippen molar-refractivity contribution in [2.45, 2.75) is 26.4 Å². The first-order valence-corrected chi connectivity index (χ1v) is 9.52. The van der Waals surface area contributed by atoms with Gasteiger partial charge < -0.3 is 14.7 Å². The Morgan fingerprint density at radius 2 is 2.11 bits per heavy atom. The number of hydrogen-bond donors (Lipinski definition) is 1. The maximum absolute atomic E-state index is 12.9. The number of carbonyl (C=O) groups is 1. The SMILES string of the molecule is CCN(C)C(C)C(=O)N1CCOc2c(O)cc(-c3cccc(Cl)c3)cc2C1. The summed E-state index contributed by atoms with van der Waals surface area (Å²) in [6, 6.07) is 10.9. The smallest absolute Gasteiger partial charge is 0.240 e. The second-order valence-corrected chi connectivity index (χ2v) is 7.29. The van der Waals surface area contributed by atoms with Crippen LogP contribution >= 0.6 is 11.6 Å². The number of aromatic hydroxyl groups is 1. The van der Waals surface area contributed by atoms with Gasteiger partial charge >= 0.3 is 0 Å². The number of ether oxygens (including phenoxy) is 1. The van der Waals surface area contributed by atoms with E-state index in [9.17, 15) is 9.90 Å². The minimum atomic E-state index is -0.207. The van der Waals surface area contributed by atoms with Crippen LogP contribution in [0.3, 0.4) is 0 Å². The molecule has 27 heavy (non-hydrogen) atoms. The van der Waals surface area contributed by atoms with E-state index in [1.54, 1.807) is 11.0 Å². The molecule has 0 radical (unpaired) electrons. The molecule has 0 saturated heterocycles. The summed E-state index contributed by atoms with van der Waals surface area (Å²) in [5, 5.41) is 11.1. The molecule has 0 spiro atoms. The fourth-order valence-electron chi connectivity index (χ4n) is 3.25. The number of phenols is 1. The van der Waals surface area contributed by atoms with Gasteiger partial charge in [0.05, 0.1) is 12.6 Å². The third-order valence-electron chi connectivity index (χ3n) is 5.10. The summed E-state index contributed by atoms with van der Waals surface area (Å²) in [6.45, 7) is 5.98. The van der Waals surface area contributed by atoms with Crippen LogP contribution in [0.1, 0.15) is 19.4 Å². The van der Waals surface area contributed by atoms with Gasteiger partial charge in [-0.05, 0) is 55.9 Å². The molecule has 3 rings (SSSR count). The maximum Gasteiger partial charge on any atom is 0.240 e. The molecule has 0 bridgehead atoms. The number of rotatable bonds is 4. The van der Waals surface area contributed by atoms with Crippen molar-refractivity contribution in [3.63, 3.8) is 0 Å². The van der Waals surface area contributed by atoms with Crippen molar-refractivity contribution in [2.75, 3.05) is 26.7 Å². The zero-order valence-corrected chi connectivity index (χ0v) is 16.7. The lowest BCUT2D eigenvalue weighted by molar-refractivity contribution is -0.136. The van der Waals surface area contributed by atoms with Gasteiger partial charge in [0.1, 0.15) is 6.61 Å². The fourth-order valence-corrected chi connectivity index (χ4v) is 3.44. The predicted molar refractivity (Wildman–Crippen MR) is 107 cm³/mol. The molecule has 5 nitrogen and oxygen atoms in total. The van der Waals surface area contributed by atoms with E-state index in [4.69, 9.17) is 16.3 Å². The van der Waals surface area contributed by atoms with Crippen LogP contribution in [0.25, 0.3) is 11.1 Å². The van der Waals surface area contributed by atoms with Gasteiger partial charge in [0, 0.05) is 17.1 Å². The first kappa shape index (κ1) is 19.5. The van der Waals surface area contributed by atoms with Crippen LogP contribution < -0.4 is 4.74 Å². The van der Waals surface area contributed by atoms with Crippen molar-refractivity contribution < 1.29 is 14.6 Å². The minimum absolute atomic E-state index is 0.0587. The minimum Gasteiger partial charge on any atom is -0.504 e. The molecule has 0 aliphatic carbocycles. The lowest BCUT2D eigenvalue weighted by Gasteiger charge is -2.28. The van der Waals surface area contributed by atoms with Crippen LogP contribution in [-0.2, 0) is 11.3 Å². The molecule has 144 valence electrons. The quantitative estimate of drug-likeness (QED) is 0.866. The van der Waals surface area contributed by atoms with Crippen molar-refractivity contribution in [1.82, 2.24) is 9.80 Å². The Morgan fingerprint density at radius 3 is 2.81 bits per heavy atom. The second kappa shape index (κ2) is 8.19. The Kier molecular flexibility index (Phi) is 5.92. The molecule has 1 unspecified atom stereocenters. The number of carbonyl (C=O) groups excluding carboxylic acids is 1. The standard InChI is InChI=1S/C21H25ClN2O3/c1-4-23(3)14(2)21(26)24-8-9-27-20-17(13-24)10-16(12-19(20)25)15-6-5-7-18(22)11-15/h5-7,10-12,14,25H,4,8-9,13H2,1-3H3. The van der Waals surface area contributed by atoms with E-state index in [-0.39, 0.29) is 17.7 Å². The fraction of sp³-hybridized carbons (Fsp3) is 0.381. The molecule has 6 heteroatoms. The van der Waals surface area contributed by atoms with E-state index in [0.717, 1.165) is 23.2 Å². The summed E-state index contributed by atoms with van der Waals surface area (Å²) in [7, 11) is 1.94. The molecule has 1 N–H and O–H groups in total. The highest BCUT2D eigenvalue weighted by Gasteiger charge is 2.27. The number of halogens is 1. The van der Waals surface area contributed by atoms with Crippen LogP contribution in [0, 0.1) is 0 Å². The van der Waals surface area contributed by atoms with E-state index < -0.39 is 0 Å².